The predicted molar refractivity (Wildman–Crippen MR) is 110 cm³/mol. The highest BCUT2D eigenvalue weighted by Crippen LogP contribution is 2.41. The van der Waals surface area contributed by atoms with E-state index in [1.54, 1.807) is 27.7 Å². The molecular weight excluding hydrogens is 431 g/mol. The number of fused-ring (bicyclic) bond motifs is 1. The minimum atomic E-state index is -2.57. The van der Waals surface area contributed by atoms with E-state index in [1.807, 2.05) is 0 Å². The van der Waals surface area contributed by atoms with Crippen molar-refractivity contribution in [3.05, 3.63) is 28.4 Å². The van der Waals surface area contributed by atoms with Gasteiger partial charge >= 0.3 is 6.09 Å². The zero-order chi connectivity index (χ0) is 22.9. The van der Waals surface area contributed by atoms with Crippen molar-refractivity contribution in [1.82, 2.24) is 19.9 Å². The number of carbonyl (C=O) groups is 1. The molecule has 4 N–H and O–H groups in total. The molecule has 3 rings (SSSR count). The topological polar surface area (TPSA) is 167 Å². The summed E-state index contributed by atoms with van der Waals surface area (Å²) in [5.74, 6) is 0. The summed E-state index contributed by atoms with van der Waals surface area (Å²) in [5.41, 5.74) is -0.650. The van der Waals surface area contributed by atoms with Gasteiger partial charge in [-0.25, -0.2) is 9.78 Å². The van der Waals surface area contributed by atoms with E-state index in [2.05, 4.69) is 15.0 Å². The maximum atomic E-state index is 13.0. The van der Waals surface area contributed by atoms with Gasteiger partial charge < -0.3 is 34.2 Å². The van der Waals surface area contributed by atoms with Crippen LogP contribution in [0.15, 0.2) is 17.3 Å². The molecule has 13 heteroatoms. The first-order valence-electron chi connectivity index (χ1n) is 9.74. The molecule has 1 fully saturated rings. The van der Waals surface area contributed by atoms with Crippen LogP contribution in [0.2, 0.25) is 0 Å². The molecule has 3 heterocycles. The Balaban J connectivity index is 2.02. The molecule has 2 aromatic heterocycles. The van der Waals surface area contributed by atoms with E-state index in [-0.39, 0.29) is 24.0 Å². The Morgan fingerprint density at radius 1 is 1.29 bits per heavy atom. The van der Waals surface area contributed by atoms with Crippen LogP contribution in [0.1, 0.15) is 39.3 Å². The molecule has 1 saturated heterocycles. The summed E-state index contributed by atoms with van der Waals surface area (Å²) < 4.78 is 27.9. The van der Waals surface area contributed by atoms with Gasteiger partial charge in [0.25, 0.3) is 5.56 Å². The average Bonchev–Trinajstić information content (AvgIpc) is 3.20. The fraction of sp³-hybridized carbons (Fsp3) is 0.611. The number of nitrogens with zero attached hydrogens (tertiary/aromatic N) is 2. The van der Waals surface area contributed by atoms with Crippen molar-refractivity contribution in [1.29, 1.82) is 0 Å². The van der Waals surface area contributed by atoms with Gasteiger partial charge in [-0.2, -0.15) is 0 Å². The van der Waals surface area contributed by atoms with Gasteiger partial charge in [-0.15, -0.1) is 0 Å². The fourth-order valence-electron chi connectivity index (χ4n) is 3.44. The van der Waals surface area contributed by atoms with E-state index >= 15 is 0 Å². The van der Waals surface area contributed by atoms with E-state index in [0.717, 1.165) is 4.90 Å². The third-order valence-electron chi connectivity index (χ3n) is 4.64. The minimum absolute atomic E-state index is 0.147. The second-order valence-electron chi connectivity index (χ2n) is 8.02. The molecule has 0 spiro atoms. The molecule has 12 nitrogen and oxygen atoms in total. The van der Waals surface area contributed by atoms with Crippen molar-refractivity contribution >= 4 is 25.2 Å². The van der Waals surface area contributed by atoms with Gasteiger partial charge in [-0.1, -0.05) is 0 Å². The number of amides is 1. The Morgan fingerprint density at radius 2 is 2.00 bits per heavy atom. The van der Waals surface area contributed by atoms with E-state index in [1.165, 1.54) is 12.5 Å². The second kappa shape index (κ2) is 9.09. The highest BCUT2D eigenvalue weighted by molar-refractivity contribution is 7.38. The Hall–Kier alpha value is -2.24. The number of hydrogen-bond donors (Lipinski definition) is 4. The van der Waals surface area contributed by atoms with Gasteiger partial charge in [0.2, 0.25) is 8.03 Å². The summed E-state index contributed by atoms with van der Waals surface area (Å²) in [6.07, 6.45) is -3.02. The van der Waals surface area contributed by atoms with Crippen LogP contribution in [0.5, 0.6) is 0 Å². The molecule has 1 aliphatic rings. The smallest absolute Gasteiger partial charge is 0.413 e. The van der Waals surface area contributed by atoms with Gasteiger partial charge in [0.15, 0.2) is 6.23 Å². The van der Waals surface area contributed by atoms with Crippen LogP contribution in [0.4, 0.5) is 4.79 Å². The van der Waals surface area contributed by atoms with Crippen LogP contribution >= 0.6 is 8.03 Å². The van der Waals surface area contributed by atoms with Crippen LogP contribution in [0.25, 0.3) is 11.0 Å². The van der Waals surface area contributed by atoms with Crippen LogP contribution in [-0.4, -0.2) is 73.1 Å². The zero-order valence-corrected chi connectivity index (χ0v) is 18.6. The highest BCUT2D eigenvalue weighted by atomic mass is 31.1. The number of ether oxygens (including phenoxy) is 2. The van der Waals surface area contributed by atoms with Crippen molar-refractivity contribution in [2.45, 2.75) is 57.8 Å². The lowest BCUT2D eigenvalue weighted by molar-refractivity contribution is -0.0899. The number of H-pyrrole nitrogens is 2. The van der Waals surface area contributed by atoms with E-state index < -0.39 is 49.8 Å². The zero-order valence-electron chi connectivity index (χ0n) is 17.6. The standard InChI is InChI=1S/C18H27N4O8P/c1-5-29-31(27)8-28-16-14(24)13(23)12(22(16)17(26)30-18(2,3)4)9-6-19-11-10(9)20-7-21-15(11)25/h6-7,12-14,16,19,23-24,31H,5,8H2,1-4H3,(H,20,21,25)/t12-,13-,14-,16+/m0/s1. The molecule has 1 aliphatic heterocycles. The number of aliphatic hydroxyl groups is 2. The van der Waals surface area contributed by atoms with Crippen molar-refractivity contribution in [2.75, 3.05) is 13.0 Å². The maximum absolute atomic E-state index is 13.0. The number of hydrogen-bond acceptors (Lipinski definition) is 9. The number of likely N-dealkylation sites (tertiary alicyclic amines) is 1. The molecule has 2 aromatic rings. The lowest BCUT2D eigenvalue weighted by atomic mass is 10.0. The van der Waals surface area contributed by atoms with Crippen molar-refractivity contribution in [2.24, 2.45) is 0 Å². The number of nitrogens with one attached hydrogen (secondary N) is 2. The molecule has 1 amide bonds. The second-order valence-corrected chi connectivity index (χ2v) is 9.34. The van der Waals surface area contributed by atoms with Gasteiger partial charge in [0, 0.05) is 11.8 Å². The number of aliphatic hydroxyl groups excluding tert-OH is 2. The van der Waals surface area contributed by atoms with Crippen molar-refractivity contribution < 1.29 is 33.6 Å². The first-order chi connectivity index (χ1) is 14.5. The quantitative estimate of drug-likeness (QED) is 0.463. The Bertz CT molecular complexity index is 1020. The Kier molecular flexibility index (Phi) is 6.87. The molecule has 31 heavy (non-hydrogen) atoms. The van der Waals surface area contributed by atoms with Gasteiger partial charge in [0.1, 0.15) is 35.2 Å². The van der Waals surface area contributed by atoms with E-state index in [9.17, 15) is 24.4 Å². The monoisotopic (exact) mass is 458 g/mol. The van der Waals surface area contributed by atoms with Gasteiger partial charge in [-0.05, 0) is 27.7 Å². The first-order valence-corrected chi connectivity index (χ1v) is 11.3. The molecule has 0 saturated carbocycles. The number of aromatic amines is 2. The van der Waals surface area contributed by atoms with E-state index in [0.29, 0.717) is 5.56 Å². The van der Waals surface area contributed by atoms with Crippen molar-refractivity contribution in [3.8, 4) is 0 Å². The van der Waals surface area contributed by atoms with Crippen LogP contribution in [-0.2, 0) is 18.6 Å². The third kappa shape index (κ3) is 4.83. The molecule has 1 unspecified atom stereocenters. The Labute approximate surface area is 178 Å². The lowest BCUT2D eigenvalue weighted by Crippen LogP contribution is -2.45. The third-order valence-corrected chi connectivity index (χ3v) is 5.65. The number of carbonyl (C=O) groups excluding carboxylic acids is 1. The van der Waals surface area contributed by atoms with Crippen LogP contribution in [0.3, 0.4) is 0 Å². The van der Waals surface area contributed by atoms with Crippen LogP contribution in [0, 0.1) is 0 Å². The summed E-state index contributed by atoms with van der Waals surface area (Å²) >= 11 is 0. The molecule has 172 valence electrons. The molecule has 0 aliphatic carbocycles. The van der Waals surface area contributed by atoms with Gasteiger partial charge in [-0.3, -0.25) is 14.3 Å². The summed E-state index contributed by atoms with van der Waals surface area (Å²) in [5, 5.41) is 21.5. The molecule has 5 atom stereocenters. The van der Waals surface area contributed by atoms with E-state index in [4.69, 9.17) is 14.0 Å². The summed E-state index contributed by atoms with van der Waals surface area (Å²) in [6, 6.07) is -1.15. The minimum Gasteiger partial charge on any atom is -0.444 e. The Morgan fingerprint density at radius 3 is 2.65 bits per heavy atom. The van der Waals surface area contributed by atoms with Crippen molar-refractivity contribution in [3.63, 3.8) is 0 Å². The van der Waals surface area contributed by atoms with Crippen LogP contribution < -0.4 is 5.56 Å². The number of aromatic nitrogens is 3. The molecule has 0 aromatic carbocycles. The van der Waals surface area contributed by atoms with Gasteiger partial charge in [0.05, 0.1) is 19.0 Å². The largest absolute Gasteiger partial charge is 0.444 e. The number of rotatable bonds is 6. The first kappa shape index (κ1) is 23.4. The maximum Gasteiger partial charge on any atom is 0.413 e. The SMILES string of the molecule is CCO[PH](=O)CO[C@@H]1[C@@H](O)[C@@H](O)[C@H](c2c[nH]c3c(=O)[nH]cnc23)N1C(=O)OC(C)(C)C. The molecule has 0 radical (unpaired) electrons. The molecular formula is C18H27N4O8P. The lowest BCUT2D eigenvalue weighted by Gasteiger charge is -2.32. The fourth-order valence-corrected chi connectivity index (χ4v) is 4.15. The highest BCUT2D eigenvalue weighted by Gasteiger charge is 2.53. The summed E-state index contributed by atoms with van der Waals surface area (Å²) in [6.45, 7) is 6.88. The average molecular weight is 458 g/mol. The summed E-state index contributed by atoms with van der Waals surface area (Å²) in [7, 11) is -2.57. The predicted octanol–water partition coefficient (Wildman–Crippen LogP) is 1.08. The normalized spacial score (nSPS) is 25.2. The summed E-state index contributed by atoms with van der Waals surface area (Å²) in [4.78, 5) is 35.5. The molecule has 0 bridgehead atoms.